The van der Waals surface area contributed by atoms with Crippen molar-refractivity contribution in [2.45, 2.75) is 20.3 Å². The number of rotatable bonds is 5. The average Bonchev–Trinajstić information content (AvgIpc) is 2.69. The molecule has 0 aliphatic carbocycles. The minimum absolute atomic E-state index is 0.000356. The second-order valence-electron chi connectivity index (χ2n) is 4.33. The summed E-state index contributed by atoms with van der Waals surface area (Å²) in [4.78, 5) is 37.8. The number of esters is 1. The molecule has 0 aromatic carbocycles. The van der Waals surface area contributed by atoms with Crippen LogP contribution in [-0.2, 0) is 19.1 Å². The van der Waals surface area contributed by atoms with Gasteiger partial charge in [0.2, 0.25) is 11.8 Å². The summed E-state index contributed by atoms with van der Waals surface area (Å²) in [6, 6.07) is 0. The zero-order chi connectivity index (χ0) is 13.7. The molecule has 1 unspecified atom stereocenters. The Labute approximate surface area is 107 Å². The Balaban J connectivity index is 2.50. The van der Waals surface area contributed by atoms with Gasteiger partial charge in [0.05, 0.1) is 12.5 Å². The van der Waals surface area contributed by atoms with Crippen molar-refractivity contribution in [2.24, 2.45) is 5.92 Å². The predicted octanol–water partition coefficient (Wildman–Crippen LogP) is -0.124. The molecule has 6 heteroatoms. The quantitative estimate of drug-likeness (QED) is 0.643. The van der Waals surface area contributed by atoms with Crippen LogP contribution in [0, 0.1) is 5.92 Å². The van der Waals surface area contributed by atoms with Crippen LogP contribution in [0.25, 0.3) is 0 Å². The van der Waals surface area contributed by atoms with Gasteiger partial charge in [0.1, 0.15) is 6.54 Å². The van der Waals surface area contributed by atoms with Gasteiger partial charge >= 0.3 is 5.97 Å². The highest BCUT2D eigenvalue weighted by Crippen LogP contribution is 2.19. The van der Waals surface area contributed by atoms with Crippen LogP contribution in [0.5, 0.6) is 0 Å². The Morgan fingerprint density at radius 2 is 2.11 bits per heavy atom. The maximum absolute atomic E-state index is 12.0. The van der Waals surface area contributed by atoms with E-state index in [9.17, 15) is 14.4 Å². The normalized spacial score (nSPS) is 18.9. The second-order valence-corrected chi connectivity index (χ2v) is 4.33. The molecule has 0 aromatic rings. The first kappa shape index (κ1) is 14.5. The molecule has 0 saturated carbocycles. The summed E-state index contributed by atoms with van der Waals surface area (Å²) < 4.78 is 4.78. The number of likely N-dealkylation sites (tertiary alicyclic amines) is 1. The van der Waals surface area contributed by atoms with Gasteiger partial charge in [0.25, 0.3) is 0 Å². The number of ether oxygens (including phenoxy) is 1. The van der Waals surface area contributed by atoms with Crippen molar-refractivity contribution in [3.63, 3.8) is 0 Å². The van der Waals surface area contributed by atoms with Crippen molar-refractivity contribution < 1.29 is 19.1 Å². The lowest BCUT2D eigenvalue weighted by atomic mass is 10.1. The molecular formula is C12H20N2O4. The fourth-order valence-corrected chi connectivity index (χ4v) is 2.03. The van der Waals surface area contributed by atoms with E-state index in [1.54, 1.807) is 18.9 Å². The molecule has 6 nitrogen and oxygen atoms in total. The number of amides is 2. The molecule has 1 saturated heterocycles. The Morgan fingerprint density at radius 3 is 2.61 bits per heavy atom. The third-order valence-corrected chi connectivity index (χ3v) is 2.99. The van der Waals surface area contributed by atoms with Crippen molar-refractivity contribution in [2.75, 3.05) is 33.3 Å². The molecule has 1 rings (SSSR count). The smallest absolute Gasteiger partial charge is 0.325 e. The third kappa shape index (κ3) is 3.45. The average molecular weight is 256 g/mol. The molecule has 0 spiro atoms. The zero-order valence-electron chi connectivity index (χ0n) is 11.1. The summed E-state index contributed by atoms with van der Waals surface area (Å²) in [5, 5.41) is 0. The van der Waals surface area contributed by atoms with Crippen LogP contribution >= 0.6 is 0 Å². The van der Waals surface area contributed by atoms with Gasteiger partial charge in [-0.3, -0.25) is 14.4 Å². The minimum Gasteiger partial charge on any atom is -0.465 e. The zero-order valence-corrected chi connectivity index (χ0v) is 11.1. The van der Waals surface area contributed by atoms with E-state index < -0.39 is 5.97 Å². The summed E-state index contributed by atoms with van der Waals surface area (Å²) in [7, 11) is 1.55. The van der Waals surface area contributed by atoms with Crippen LogP contribution in [0.4, 0.5) is 0 Å². The Morgan fingerprint density at radius 1 is 1.44 bits per heavy atom. The van der Waals surface area contributed by atoms with E-state index in [4.69, 9.17) is 4.74 Å². The molecule has 0 N–H and O–H groups in total. The molecule has 0 bridgehead atoms. The lowest BCUT2D eigenvalue weighted by Crippen LogP contribution is -2.38. The Kier molecular flexibility index (Phi) is 5.12. The summed E-state index contributed by atoms with van der Waals surface area (Å²) in [5.41, 5.74) is 0. The van der Waals surface area contributed by atoms with Crippen LogP contribution in [-0.4, -0.2) is 60.9 Å². The molecule has 0 aromatic heterocycles. The highest BCUT2D eigenvalue weighted by molar-refractivity contribution is 5.90. The predicted molar refractivity (Wildman–Crippen MR) is 64.6 cm³/mol. The van der Waals surface area contributed by atoms with Crippen LogP contribution in [0.2, 0.25) is 0 Å². The van der Waals surface area contributed by atoms with Crippen molar-refractivity contribution in [1.29, 1.82) is 0 Å². The van der Waals surface area contributed by atoms with Gasteiger partial charge in [-0.2, -0.15) is 0 Å². The van der Waals surface area contributed by atoms with E-state index in [1.165, 1.54) is 4.90 Å². The Bertz CT molecular complexity index is 343. The van der Waals surface area contributed by atoms with Crippen molar-refractivity contribution >= 4 is 17.8 Å². The molecule has 102 valence electrons. The molecular weight excluding hydrogens is 236 g/mol. The third-order valence-electron chi connectivity index (χ3n) is 2.99. The second kappa shape index (κ2) is 6.37. The van der Waals surface area contributed by atoms with E-state index in [2.05, 4.69) is 0 Å². The van der Waals surface area contributed by atoms with Gasteiger partial charge < -0.3 is 14.5 Å². The minimum atomic E-state index is -0.426. The number of hydrogen-bond donors (Lipinski definition) is 0. The fraction of sp³-hybridized carbons (Fsp3) is 0.750. The summed E-state index contributed by atoms with van der Waals surface area (Å²) >= 11 is 0. The van der Waals surface area contributed by atoms with Gasteiger partial charge in [0, 0.05) is 26.6 Å². The van der Waals surface area contributed by atoms with E-state index in [-0.39, 0.29) is 30.7 Å². The van der Waals surface area contributed by atoms with E-state index in [0.717, 1.165) is 0 Å². The maximum atomic E-state index is 12.0. The summed E-state index contributed by atoms with van der Waals surface area (Å²) in [6.07, 6.45) is 0.236. The highest BCUT2D eigenvalue weighted by Gasteiger charge is 2.35. The lowest BCUT2D eigenvalue weighted by molar-refractivity contribution is -0.149. The SMILES string of the molecule is CCOC(=O)CN(C)C(=O)C1CC(=O)N(CC)C1. The first-order valence-corrected chi connectivity index (χ1v) is 6.17. The van der Waals surface area contributed by atoms with E-state index >= 15 is 0 Å². The van der Waals surface area contributed by atoms with Gasteiger partial charge in [-0.25, -0.2) is 0 Å². The van der Waals surface area contributed by atoms with Crippen molar-refractivity contribution in [1.82, 2.24) is 9.80 Å². The van der Waals surface area contributed by atoms with E-state index in [0.29, 0.717) is 19.7 Å². The maximum Gasteiger partial charge on any atom is 0.325 e. The summed E-state index contributed by atoms with van der Waals surface area (Å²) in [6.45, 7) is 4.89. The van der Waals surface area contributed by atoms with Crippen LogP contribution in [0.15, 0.2) is 0 Å². The largest absolute Gasteiger partial charge is 0.465 e. The van der Waals surface area contributed by atoms with Crippen LogP contribution in [0.1, 0.15) is 20.3 Å². The lowest BCUT2D eigenvalue weighted by Gasteiger charge is -2.20. The standard InChI is InChI=1S/C12H20N2O4/c1-4-14-7-9(6-10(14)15)12(17)13(3)8-11(16)18-5-2/h9H,4-8H2,1-3H3. The molecule has 1 atom stereocenters. The molecule has 2 amide bonds. The topological polar surface area (TPSA) is 66.9 Å². The first-order chi connectivity index (χ1) is 8.49. The summed E-state index contributed by atoms with van der Waals surface area (Å²) in [5.74, 6) is -0.936. The number of carbonyl (C=O) groups excluding carboxylic acids is 3. The fourth-order valence-electron chi connectivity index (χ4n) is 2.03. The van der Waals surface area contributed by atoms with Crippen molar-refractivity contribution in [3.8, 4) is 0 Å². The van der Waals surface area contributed by atoms with Gasteiger partial charge in [0.15, 0.2) is 0 Å². The Hall–Kier alpha value is -1.59. The van der Waals surface area contributed by atoms with E-state index in [1.807, 2.05) is 6.92 Å². The van der Waals surface area contributed by atoms with Gasteiger partial charge in [-0.15, -0.1) is 0 Å². The molecule has 1 fully saturated rings. The monoisotopic (exact) mass is 256 g/mol. The number of likely N-dealkylation sites (N-methyl/N-ethyl adjacent to an activating group) is 1. The highest BCUT2D eigenvalue weighted by atomic mass is 16.5. The molecule has 1 aliphatic heterocycles. The molecule has 0 radical (unpaired) electrons. The molecule has 1 heterocycles. The number of nitrogens with zero attached hydrogens (tertiary/aromatic N) is 2. The van der Waals surface area contributed by atoms with Gasteiger partial charge in [-0.05, 0) is 13.8 Å². The number of carbonyl (C=O) groups is 3. The van der Waals surface area contributed by atoms with Crippen LogP contribution < -0.4 is 0 Å². The molecule has 1 aliphatic rings. The number of hydrogen-bond acceptors (Lipinski definition) is 4. The molecule has 18 heavy (non-hydrogen) atoms. The first-order valence-electron chi connectivity index (χ1n) is 6.17. The van der Waals surface area contributed by atoms with Crippen molar-refractivity contribution in [3.05, 3.63) is 0 Å². The van der Waals surface area contributed by atoms with Crippen LogP contribution in [0.3, 0.4) is 0 Å². The van der Waals surface area contributed by atoms with Gasteiger partial charge in [-0.1, -0.05) is 0 Å².